The lowest BCUT2D eigenvalue weighted by Crippen LogP contribution is -2.24. The number of fused-ring (bicyclic) bond motifs is 1. The summed E-state index contributed by atoms with van der Waals surface area (Å²) >= 11 is 0. The van der Waals surface area contributed by atoms with Crippen molar-refractivity contribution in [1.82, 2.24) is 4.98 Å². The van der Waals surface area contributed by atoms with E-state index in [1.807, 2.05) is 12.4 Å². The maximum absolute atomic E-state index is 4.45. The Hall–Kier alpha value is -2.15. The normalized spacial score (nSPS) is 17.3. The smallest absolute Gasteiger partial charge is 0.0352 e. The Kier molecular flexibility index (Phi) is 3.65. The maximum Gasteiger partial charge on any atom is 0.0352 e. The number of nitrogens with zero attached hydrogens (tertiary/aromatic N) is 1. The van der Waals surface area contributed by atoms with E-state index in [1.165, 1.54) is 59.6 Å². The van der Waals surface area contributed by atoms with E-state index in [0.717, 1.165) is 0 Å². The molecular weight excluding hydrogens is 278 g/mol. The minimum atomic E-state index is 0.340. The number of aromatic nitrogens is 1. The minimum Gasteiger partial charge on any atom is -0.263 e. The molecule has 0 saturated heterocycles. The molecule has 0 unspecified atom stereocenters. The molecule has 0 atom stereocenters. The van der Waals surface area contributed by atoms with Crippen LogP contribution in [0.25, 0.3) is 21.9 Å². The first-order valence-corrected chi connectivity index (χ1v) is 8.70. The second-order valence-electron chi connectivity index (χ2n) is 7.11. The van der Waals surface area contributed by atoms with E-state index < -0.39 is 0 Å². The molecule has 0 spiro atoms. The summed E-state index contributed by atoms with van der Waals surface area (Å²) in [4.78, 5) is 4.45. The highest BCUT2D eigenvalue weighted by Gasteiger charge is 2.28. The Morgan fingerprint density at radius 1 is 0.870 bits per heavy atom. The molecule has 0 radical (unpaired) electrons. The van der Waals surface area contributed by atoms with Crippen LogP contribution in [0.3, 0.4) is 0 Å². The van der Waals surface area contributed by atoms with Gasteiger partial charge in [-0.05, 0) is 34.8 Å². The molecule has 1 fully saturated rings. The second kappa shape index (κ2) is 5.81. The lowest BCUT2D eigenvalue weighted by atomic mass is 9.70. The van der Waals surface area contributed by atoms with Crippen molar-refractivity contribution < 1.29 is 0 Å². The summed E-state index contributed by atoms with van der Waals surface area (Å²) in [5.41, 5.74) is 4.36. The van der Waals surface area contributed by atoms with Gasteiger partial charge in [0.15, 0.2) is 0 Å². The summed E-state index contributed by atoms with van der Waals surface area (Å²) in [5.74, 6) is 0. The zero-order valence-corrected chi connectivity index (χ0v) is 13.8. The highest BCUT2D eigenvalue weighted by molar-refractivity contribution is 5.95. The zero-order valence-electron chi connectivity index (χ0n) is 13.8. The quantitative estimate of drug-likeness (QED) is 0.555. The predicted molar refractivity (Wildman–Crippen MR) is 97.6 cm³/mol. The fraction of sp³-hybridized carbons (Fsp3) is 0.318. The topological polar surface area (TPSA) is 12.9 Å². The second-order valence-corrected chi connectivity index (χ2v) is 7.11. The van der Waals surface area contributed by atoms with Gasteiger partial charge in [-0.15, -0.1) is 0 Å². The van der Waals surface area contributed by atoms with Crippen LogP contribution in [0, 0.1) is 0 Å². The zero-order chi connectivity index (χ0) is 15.7. The van der Waals surface area contributed by atoms with E-state index in [0.29, 0.717) is 5.41 Å². The maximum atomic E-state index is 4.45. The van der Waals surface area contributed by atoms with Gasteiger partial charge in [-0.2, -0.15) is 0 Å². The van der Waals surface area contributed by atoms with Gasteiger partial charge in [0.25, 0.3) is 0 Å². The summed E-state index contributed by atoms with van der Waals surface area (Å²) in [6, 6.07) is 17.7. The highest BCUT2D eigenvalue weighted by atomic mass is 14.6. The van der Waals surface area contributed by atoms with E-state index in [9.17, 15) is 0 Å². The van der Waals surface area contributed by atoms with Crippen LogP contribution in [0.5, 0.6) is 0 Å². The van der Waals surface area contributed by atoms with Crippen LogP contribution in [-0.2, 0) is 5.41 Å². The highest BCUT2D eigenvalue weighted by Crippen LogP contribution is 2.40. The summed E-state index contributed by atoms with van der Waals surface area (Å²) in [6.07, 6.45) is 10.7. The SMILES string of the molecule is CC1(c2cccc(-c3cncc4ccccc34)c2)CCCCC1. The molecule has 1 nitrogen and oxygen atoms in total. The van der Waals surface area contributed by atoms with Gasteiger partial charge >= 0.3 is 0 Å². The van der Waals surface area contributed by atoms with Crippen LogP contribution in [0.2, 0.25) is 0 Å². The van der Waals surface area contributed by atoms with Crippen LogP contribution in [0.15, 0.2) is 60.9 Å². The number of pyridine rings is 1. The number of hydrogen-bond acceptors (Lipinski definition) is 1. The van der Waals surface area contributed by atoms with Gasteiger partial charge < -0.3 is 0 Å². The Morgan fingerprint density at radius 2 is 1.70 bits per heavy atom. The lowest BCUT2D eigenvalue weighted by Gasteiger charge is -2.34. The molecule has 1 heterocycles. The Morgan fingerprint density at radius 3 is 2.57 bits per heavy atom. The number of benzene rings is 2. The van der Waals surface area contributed by atoms with Crippen molar-refractivity contribution in [3.8, 4) is 11.1 Å². The van der Waals surface area contributed by atoms with E-state index in [1.54, 1.807) is 0 Å². The lowest BCUT2D eigenvalue weighted by molar-refractivity contribution is 0.319. The average Bonchev–Trinajstić information content (AvgIpc) is 2.62. The Bertz CT molecular complexity index is 823. The molecule has 116 valence electrons. The molecule has 0 amide bonds. The first kappa shape index (κ1) is 14.4. The largest absolute Gasteiger partial charge is 0.263 e. The Labute approximate surface area is 138 Å². The molecule has 1 aromatic heterocycles. The Balaban J connectivity index is 1.82. The van der Waals surface area contributed by atoms with Crippen molar-refractivity contribution in [2.75, 3.05) is 0 Å². The molecule has 0 bridgehead atoms. The molecule has 1 saturated carbocycles. The van der Waals surface area contributed by atoms with Crippen LogP contribution >= 0.6 is 0 Å². The molecule has 4 rings (SSSR count). The van der Waals surface area contributed by atoms with Crippen molar-refractivity contribution in [2.24, 2.45) is 0 Å². The third-order valence-electron chi connectivity index (χ3n) is 5.50. The summed E-state index contributed by atoms with van der Waals surface area (Å²) in [7, 11) is 0. The first-order valence-electron chi connectivity index (χ1n) is 8.70. The molecule has 2 aromatic carbocycles. The third kappa shape index (κ3) is 2.65. The molecular formula is C22H23N. The van der Waals surface area contributed by atoms with Crippen molar-refractivity contribution in [2.45, 2.75) is 44.4 Å². The number of hydrogen-bond donors (Lipinski definition) is 0. The van der Waals surface area contributed by atoms with E-state index in [4.69, 9.17) is 0 Å². The average molecular weight is 301 g/mol. The first-order chi connectivity index (χ1) is 11.3. The van der Waals surface area contributed by atoms with Crippen molar-refractivity contribution in [1.29, 1.82) is 0 Å². The van der Waals surface area contributed by atoms with Gasteiger partial charge in [0.05, 0.1) is 0 Å². The van der Waals surface area contributed by atoms with Crippen molar-refractivity contribution >= 4 is 10.8 Å². The van der Waals surface area contributed by atoms with Gasteiger partial charge in [-0.25, -0.2) is 0 Å². The summed E-state index contributed by atoms with van der Waals surface area (Å²) < 4.78 is 0. The van der Waals surface area contributed by atoms with E-state index in [-0.39, 0.29) is 0 Å². The third-order valence-corrected chi connectivity index (χ3v) is 5.50. The molecule has 0 N–H and O–H groups in total. The molecule has 1 aliphatic carbocycles. The summed E-state index contributed by atoms with van der Waals surface area (Å²) in [5, 5.41) is 2.49. The number of rotatable bonds is 2. The fourth-order valence-electron chi connectivity index (χ4n) is 4.03. The minimum absolute atomic E-state index is 0.340. The predicted octanol–water partition coefficient (Wildman–Crippen LogP) is 6.12. The van der Waals surface area contributed by atoms with Crippen LogP contribution < -0.4 is 0 Å². The molecule has 1 heteroatoms. The molecule has 23 heavy (non-hydrogen) atoms. The van der Waals surface area contributed by atoms with Gasteiger partial charge in [-0.1, -0.05) is 74.7 Å². The summed E-state index contributed by atoms with van der Waals surface area (Å²) in [6.45, 7) is 2.44. The monoisotopic (exact) mass is 301 g/mol. The molecule has 1 aliphatic rings. The molecule has 0 aliphatic heterocycles. The van der Waals surface area contributed by atoms with Gasteiger partial charge in [0.2, 0.25) is 0 Å². The van der Waals surface area contributed by atoms with Crippen molar-refractivity contribution in [3.05, 3.63) is 66.5 Å². The standard InChI is InChI=1S/C22H23N/c1-22(12-5-2-6-13-22)19-10-7-9-17(14-19)21-16-23-15-18-8-3-4-11-20(18)21/h3-4,7-11,14-16H,2,5-6,12-13H2,1H3. The van der Waals surface area contributed by atoms with Gasteiger partial charge in [-0.3, -0.25) is 4.98 Å². The van der Waals surface area contributed by atoms with Crippen LogP contribution in [0.1, 0.15) is 44.6 Å². The van der Waals surface area contributed by atoms with E-state index >= 15 is 0 Å². The van der Waals surface area contributed by atoms with Crippen molar-refractivity contribution in [3.63, 3.8) is 0 Å². The van der Waals surface area contributed by atoms with Gasteiger partial charge in [0, 0.05) is 23.3 Å². The fourth-order valence-corrected chi connectivity index (χ4v) is 4.03. The molecule has 3 aromatic rings. The van der Waals surface area contributed by atoms with Crippen LogP contribution in [-0.4, -0.2) is 4.98 Å². The van der Waals surface area contributed by atoms with Crippen LogP contribution in [0.4, 0.5) is 0 Å². The van der Waals surface area contributed by atoms with E-state index in [2.05, 4.69) is 60.4 Å². The van der Waals surface area contributed by atoms with Gasteiger partial charge in [0.1, 0.15) is 0 Å².